The van der Waals surface area contributed by atoms with Gasteiger partial charge in [0, 0.05) is 37.3 Å². The van der Waals surface area contributed by atoms with Crippen LogP contribution in [-0.4, -0.2) is 69.3 Å². The number of methoxy groups -OCH3 is 1. The summed E-state index contributed by atoms with van der Waals surface area (Å²) < 4.78 is 18.0. The Kier molecular flexibility index (Phi) is 11.5. The molecule has 0 saturated carbocycles. The fourth-order valence-corrected chi connectivity index (χ4v) is 8.41. The van der Waals surface area contributed by atoms with Crippen molar-refractivity contribution in [2.75, 3.05) is 12.9 Å². The molecule has 0 radical (unpaired) electrons. The molecule has 10 unspecified atom stereocenters. The average Bonchev–Trinajstić information content (AvgIpc) is 3.21. The highest BCUT2D eigenvalue weighted by Crippen LogP contribution is 2.48. The van der Waals surface area contributed by atoms with Crippen molar-refractivity contribution in [3.63, 3.8) is 0 Å². The van der Waals surface area contributed by atoms with E-state index in [1.165, 1.54) is 17.3 Å². The predicted octanol–water partition coefficient (Wildman–Crippen LogP) is 5.04. The number of carbonyl (C=O) groups is 3. The summed E-state index contributed by atoms with van der Waals surface area (Å²) in [5.41, 5.74) is -0.690. The van der Waals surface area contributed by atoms with Crippen LogP contribution in [0.1, 0.15) is 79.7 Å². The molecule has 10 atom stereocenters. The van der Waals surface area contributed by atoms with Gasteiger partial charge in [-0.05, 0) is 82.2 Å². The van der Waals surface area contributed by atoms with Gasteiger partial charge in [-0.2, -0.15) is 0 Å². The Hall–Kier alpha value is -1.97. The fourth-order valence-electron chi connectivity index (χ4n) is 6.95. The van der Waals surface area contributed by atoms with Gasteiger partial charge in [-0.15, -0.1) is 11.8 Å². The van der Waals surface area contributed by atoms with Crippen molar-refractivity contribution in [2.24, 2.45) is 29.6 Å². The number of ether oxygens (including phenoxy) is 3. The second-order valence-corrected chi connectivity index (χ2v) is 13.9. The van der Waals surface area contributed by atoms with Gasteiger partial charge in [0.2, 0.25) is 0 Å². The molecule has 41 heavy (non-hydrogen) atoms. The molecular weight excluding hydrogens is 542 g/mol. The molecule has 0 aliphatic carbocycles. The Bertz CT molecular complexity index is 1050. The number of aliphatic hydroxyl groups excluding tert-OH is 1. The molecule has 2 aliphatic rings. The van der Waals surface area contributed by atoms with E-state index < -0.39 is 52.4 Å². The molecule has 0 amide bonds. The molecule has 0 aromatic carbocycles. The van der Waals surface area contributed by atoms with Crippen LogP contribution in [0.4, 0.5) is 0 Å². The smallest absolute Gasteiger partial charge is 0.320 e. The predicted molar refractivity (Wildman–Crippen MR) is 159 cm³/mol. The van der Waals surface area contributed by atoms with E-state index in [4.69, 9.17) is 14.2 Å². The lowest BCUT2D eigenvalue weighted by Gasteiger charge is -2.42. The summed E-state index contributed by atoms with van der Waals surface area (Å²) in [6.07, 6.45) is 4.88. The van der Waals surface area contributed by atoms with E-state index in [2.05, 4.69) is 4.98 Å². The number of esters is 2. The van der Waals surface area contributed by atoms with E-state index in [9.17, 15) is 19.5 Å². The van der Waals surface area contributed by atoms with Crippen molar-refractivity contribution in [1.82, 2.24) is 4.98 Å². The van der Waals surface area contributed by atoms with Crippen molar-refractivity contribution >= 4 is 29.5 Å². The standard InChI is InChI=1S/C32H49NO7S/c1-9-24-32(7)25(28(30(37)40-32)41-16-10-11-23-12-14-33-15-13-23)21(4)26(34)19(2)17-31(6,38-8)18-20(3)27(35)22(5)29(36)39-24/h12-15,19-22,24-25,27-28,35H,9-11,16-18H2,1-8H3. The Balaban J connectivity index is 1.96. The van der Waals surface area contributed by atoms with Gasteiger partial charge in [-0.1, -0.05) is 27.7 Å². The number of thioether (sulfide) groups is 1. The average molecular weight is 592 g/mol. The van der Waals surface area contributed by atoms with Crippen LogP contribution in [-0.2, 0) is 35.0 Å². The molecule has 9 heteroatoms. The first-order valence-corrected chi connectivity index (χ1v) is 16.0. The van der Waals surface area contributed by atoms with Crippen molar-refractivity contribution in [3.8, 4) is 0 Å². The van der Waals surface area contributed by atoms with Crippen molar-refractivity contribution < 1.29 is 33.7 Å². The zero-order valence-electron chi connectivity index (χ0n) is 25.9. The highest BCUT2D eigenvalue weighted by molar-refractivity contribution is 8.00. The summed E-state index contributed by atoms with van der Waals surface area (Å²) in [4.78, 5) is 44.9. The number of carbonyl (C=O) groups excluding carboxylic acids is 3. The van der Waals surface area contributed by atoms with Crippen LogP contribution in [0.5, 0.6) is 0 Å². The molecule has 1 N–H and O–H groups in total. The van der Waals surface area contributed by atoms with Crippen LogP contribution in [0.25, 0.3) is 0 Å². The molecule has 0 bridgehead atoms. The highest BCUT2D eigenvalue weighted by atomic mass is 32.2. The molecule has 8 nitrogen and oxygen atoms in total. The minimum atomic E-state index is -1.19. The Labute approximate surface area is 249 Å². The monoisotopic (exact) mass is 591 g/mol. The van der Waals surface area contributed by atoms with Gasteiger partial charge in [0.1, 0.15) is 17.1 Å². The number of pyridine rings is 1. The number of hydrogen-bond acceptors (Lipinski definition) is 9. The maximum atomic E-state index is 14.0. The maximum Gasteiger partial charge on any atom is 0.320 e. The third kappa shape index (κ3) is 7.52. The quantitative estimate of drug-likeness (QED) is 0.344. The lowest BCUT2D eigenvalue weighted by molar-refractivity contribution is -0.186. The van der Waals surface area contributed by atoms with Gasteiger partial charge in [-0.25, -0.2) is 0 Å². The van der Waals surface area contributed by atoms with E-state index in [0.29, 0.717) is 25.0 Å². The minimum Gasteiger partial charge on any atom is -0.458 e. The molecule has 1 aromatic rings. The first kappa shape index (κ1) is 33.5. The van der Waals surface area contributed by atoms with Crippen molar-refractivity contribution in [1.29, 1.82) is 0 Å². The minimum absolute atomic E-state index is 0.0324. The number of cyclic esters (lactones) is 1. The van der Waals surface area contributed by atoms with Crippen molar-refractivity contribution in [2.45, 2.75) is 109 Å². The van der Waals surface area contributed by atoms with Crippen LogP contribution >= 0.6 is 11.8 Å². The van der Waals surface area contributed by atoms with Gasteiger partial charge in [0.25, 0.3) is 0 Å². The number of Topliss-reactive ketones (excluding diaryl/α,β-unsaturated/α-hetero) is 1. The number of aryl methyl sites for hydroxylation is 1. The van der Waals surface area contributed by atoms with Gasteiger partial charge in [-0.3, -0.25) is 19.4 Å². The van der Waals surface area contributed by atoms with Crippen molar-refractivity contribution in [3.05, 3.63) is 30.1 Å². The topological polar surface area (TPSA) is 112 Å². The van der Waals surface area contributed by atoms with Crippen LogP contribution < -0.4 is 0 Å². The van der Waals surface area contributed by atoms with Gasteiger partial charge < -0.3 is 19.3 Å². The number of nitrogens with zero attached hydrogens (tertiary/aromatic N) is 1. The summed E-state index contributed by atoms with van der Waals surface area (Å²) >= 11 is 1.52. The van der Waals surface area contributed by atoms with E-state index in [0.717, 1.165) is 12.8 Å². The number of rotatable bonds is 7. The third-order valence-electron chi connectivity index (χ3n) is 9.39. The zero-order valence-corrected chi connectivity index (χ0v) is 26.7. The number of hydrogen-bond donors (Lipinski definition) is 1. The Morgan fingerprint density at radius 1 is 1.05 bits per heavy atom. The fraction of sp³-hybridized carbons (Fsp3) is 0.750. The molecular formula is C32H49NO7S. The number of ketones is 1. The van der Waals surface area contributed by atoms with Crippen LogP contribution in [0.2, 0.25) is 0 Å². The maximum absolute atomic E-state index is 14.0. The summed E-state index contributed by atoms with van der Waals surface area (Å²) in [5, 5.41) is 10.5. The molecule has 2 fully saturated rings. The molecule has 1 aromatic heterocycles. The number of aromatic nitrogens is 1. The SMILES string of the molecule is CCC1OC(=O)C(C)C(O)C(C)CC(C)(OC)CC(C)C(=O)C(C)C2C(SCCCc3ccncc3)C(=O)OC12C. The van der Waals surface area contributed by atoms with Gasteiger partial charge >= 0.3 is 11.9 Å². The molecule has 2 saturated heterocycles. The van der Waals surface area contributed by atoms with Gasteiger partial charge in [0.05, 0.1) is 17.6 Å². The van der Waals surface area contributed by atoms with Gasteiger partial charge in [0.15, 0.2) is 5.60 Å². The first-order valence-electron chi connectivity index (χ1n) is 15.0. The highest BCUT2D eigenvalue weighted by Gasteiger charge is 2.61. The molecule has 2 aliphatic heterocycles. The number of fused-ring (bicyclic) bond motifs is 1. The Morgan fingerprint density at radius 2 is 1.71 bits per heavy atom. The Morgan fingerprint density at radius 3 is 2.32 bits per heavy atom. The van der Waals surface area contributed by atoms with E-state index in [-0.39, 0.29) is 23.6 Å². The van der Waals surface area contributed by atoms with Crippen LogP contribution in [0, 0.1) is 29.6 Å². The van der Waals surface area contributed by atoms with E-state index in [1.807, 2.05) is 46.8 Å². The van der Waals surface area contributed by atoms with E-state index >= 15 is 0 Å². The molecule has 0 spiro atoms. The van der Waals surface area contributed by atoms with Crippen LogP contribution in [0.15, 0.2) is 24.5 Å². The summed E-state index contributed by atoms with van der Waals surface area (Å²) in [5.74, 6) is -2.58. The first-order chi connectivity index (χ1) is 19.3. The molecule has 230 valence electrons. The normalized spacial score (nSPS) is 39.0. The second kappa shape index (κ2) is 14.0. The van der Waals surface area contributed by atoms with E-state index in [1.54, 1.807) is 33.4 Å². The summed E-state index contributed by atoms with van der Waals surface area (Å²) in [6.45, 7) is 13.0. The lowest BCUT2D eigenvalue weighted by Crippen LogP contribution is -2.53. The third-order valence-corrected chi connectivity index (χ3v) is 10.8. The second-order valence-electron chi connectivity index (χ2n) is 12.6. The largest absolute Gasteiger partial charge is 0.458 e. The molecule has 3 rings (SSSR count). The molecule has 3 heterocycles. The summed E-state index contributed by atoms with van der Waals surface area (Å²) in [7, 11) is 1.62. The number of aliphatic hydroxyl groups is 1. The van der Waals surface area contributed by atoms with Crippen LogP contribution in [0.3, 0.4) is 0 Å². The lowest BCUT2D eigenvalue weighted by atomic mass is 9.70. The zero-order chi connectivity index (χ0) is 30.5. The summed E-state index contributed by atoms with van der Waals surface area (Å²) in [6, 6.07) is 3.97.